The number of ether oxygens (including phenoxy) is 2. The molecule has 0 aliphatic carbocycles. The Morgan fingerprint density at radius 2 is 1.28 bits per heavy atom. The Morgan fingerprint density at radius 3 is 1.66 bits per heavy atom. The number of carbonyl (C=O) groups is 1. The molecule has 32 heavy (non-hydrogen) atoms. The molecule has 2 rings (SSSR count). The van der Waals surface area contributed by atoms with E-state index >= 15 is 0 Å². The van der Waals surface area contributed by atoms with Crippen LogP contribution in [0.4, 0.5) is 0 Å². The summed E-state index contributed by atoms with van der Waals surface area (Å²) in [5.74, 6) is 0.539. The Labute approximate surface area is 199 Å². The maximum Gasteiger partial charge on any atom is 0.341 e. The van der Waals surface area contributed by atoms with E-state index in [1.165, 1.54) is 0 Å². The average Bonchev–Trinajstić information content (AvgIpc) is 2.64. The van der Waals surface area contributed by atoms with Gasteiger partial charge in [-0.05, 0) is 60.3 Å². The van der Waals surface area contributed by atoms with E-state index in [9.17, 15) is 4.79 Å². The van der Waals surface area contributed by atoms with Gasteiger partial charge in [-0.2, -0.15) is 0 Å². The summed E-state index contributed by atoms with van der Waals surface area (Å²) < 4.78 is 11.7. The van der Waals surface area contributed by atoms with Gasteiger partial charge in [0.15, 0.2) is 6.61 Å². The topological polar surface area (TPSA) is 59.0 Å². The van der Waals surface area contributed by atoms with Crippen molar-refractivity contribution in [3.8, 4) is 22.6 Å². The Balaban J connectivity index is 0.00000512. The summed E-state index contributed by atoms with van der Waals surface area (Å²) in [5, 5.41) is 8.99. The van der Waals surface area contributed by atoms with Gasteiger partial charge in [0, 0.05) is 17.7 Å². The number of carboxylic acids is 1. The van der Waals surface area contributed by atoms with Crippen LogP contribution in [0.5, 0.6) is 11.5 Å². The highest BCUT2D eigenvalue weighted by atomic mass is 35.5. The van der Waals surface area contributed by atoms with Gasteiger partial charge >= 0.3 is 5.97 Å². The second-order valence-electron chi connectivity index (χ2n) is 10.3. The SMILES string of the molecule is CN(C)CCOc1ccc(-c2ccc(OCC(=O)O)c(C(C)(C)C)c2)cc1C(C)(C)C.Cl. The summed E-state index contributed by atoms with van der Waals surface area (Å²) in [6, 6.07) is 12.3. The maximum atomic E-state index is 11.0. The summed E-state index contributed by atoms with van der Waals surface area (Å²) in [5.41, 5.74) is 4.05. The predicted octanol–water partition coefficient (Wildman–Crippen LogP) is 5.77. The highest BCUT2D eigenvalue weighted by molar-refractivity contribution is 5.85. The van der Waals surface area contributed by atoms with Crippen molar-refractivity contribution in [1.82, 2.24) is 4.90 Å². The van der Waals surface area contributed by atoms with Crippen LogP contribution >= 0.6 is 12.4 Å². The molecule has 0 heterocycles. The normalized spacial score (nSPS) is 11.8. The third-order valence-corrected chi connectivity index (χ3v) is 5.06. The molecule has 0 spiro atoms. The van der Waals surface area contributed by atoms with Gasteiger partial charge in [0.05, 0.1) is 0 Å². The van der Waals surface area contributed by atoms with Crippen molar-refractivity contribution in [2.75, 3.05) is 33.9 Å². The molecule has 0 radical (unpaired) electrons. The van der Waals surface area contributed by atoms with Crippen LogP contribution in [-0.4, -0.2) is 49.8 Å². The number of benzene rings is 2. The molecule has 0 unspecified atom stereocenters. The second kappa shape index (κ2) is 11.1. The van der Waals surface area contributed by atoms with E-state index in [0.717, 1.165) is 34.5 Å². The molecule has 178 valence electrons. The fourth-order valence-electron chi connectivity index (χ4n) is 3.32. The summed E-state index contributed by atoms with van der Waals surface area (Å²) in [7, 11) is 4.07. The van der Waals surface area contributed by atoms with Crippen LogP contribution in [0.25, 0.3) is 11.1 Å². The van der Waals surface area contributed by atoms with Gasteiger partial charge in [0.1, 0.15) is 18.1 Å². The zero-order valence-corrected chi connectivity index (χ0v) is 21.4. The van der Waals surface area contributed by atoms with Crippen LogP contribution in [0.3, 0.4) is 0 Å². The van der Waals surface area contributed by atoms with Gasteiger partial charge in [-0.25, -0.2) is 4.79 Å². The van der Waals surface area contributed by atoms with Crippen LogP contribution in [0.15, 0.2) is 36.4 Å². The molecular formula is C26H38ClNO4. The van der Waals surface area contributed by atoms with Gasteiger partial charge < -0.3 is 19.5 Å². The monoisotopic (exact) mass is 463 g/mol. The summed E-state index contributed by atoms with van der Waals surface area (Å²) in [4.78, 5) is 13.1. The lowest BCUT2D eigenvalue weighted by Gasteiger charge is -2.26. The second-order valence-corrected chi connectivity index (χ2v) is 10.3. The molecule has 0 bridgehead atoms. The van der Waals surface area contributed by atoms with Gasteiger partial charge in [-0.15, -0.1) is 12.4 Å². The zero-order chi connectivity index (χ0) is 23.4. The molecule has 0 atom stereocenters. The predicted molar refractivity (Wildman–Crippen MR) is 134 cm³/mol. The summed E-state index contributed by atoms with van der Waals surface area (Å²) in [6.45, 7) is 14.0. The van der Waals surface area contributed by atoms with E-state index in [1.807, 2.05) is 26.2 Å². The minimum absolute atomic E-state index is 0. The molecule has 1 N–H and O–H groups in total. The fourth-order valence-corrected chi connectivity index (χ4v) is 3.32. The smallest absolute Gasteiger partial charge is 0.341 e. The van der Waals surface area contributed by atoms with Gasteiger partial charge in [-0.3, -0.25) is 0 Å². The molecule has 0 saturated carbocycles. The highest BCUT2D eigenvalue weighted by Gasteiger charge is 2.23. The number of halogens is 1. The van der Waals surface area contributed by atoms with E-state index in [4.69, 9.17) is 14.6 Å². The lowest BCUT2D eigenvalue weighted by atomic mass is 9.82. The Morgan fingerprint density at radius 1 is 0.844 bits per heavy atom. The lowest BCUT2D eigenvalue weighted by Crippen LogP contribution is -2.21. The minimum atomic E-state index is -0.983. The lowest BCUT2D eigenvalue weighted by molar-refractivity contribution is -0.139. The van der Waals surface area contributed by atoms with Crippen LogP contribution < -0.4 is 9.47 Å². The van der Waals surface area contributed by atoms with Gasteiger partial charge in [0.25, 0.3) is 0 Å². The van der Waals surface area contributed by atoms with Crippen molar-refractivity contribution in [3.05, 3.63) is 47.5 Å². The van der Waals surface area contributed by atoms with Gasteiger partial charge in [-0.1, -0.05) is 53.7 Å². The number of hydrogen-bond acceptors (Lipinski definition) is 4. The van der Waals surface area contributed by atoms with Gasteiger partial charge in [0.2, 0.25) is 0 Å². The number of carboxylic acid groups (broad SMARTS) is 1. The largest absolute Gasteiger partial charge is 0.492 e. The molecule has 0 aliphatic rings. The minimum Gasteiger partial charge on any atom is -0.492 e. The van der Waals surface area contributed by atoms with Crippen molar-refractivity contribution in [3.63, 3.8) is 0 Å². The van der Waals surface area contributed by atoms with Crippen molar-refractivity contribution < 1.29 is 19.4 Å². The quantitative estimate of drug-likeness (QED) is 0.538. The molecule has 0 amide bonds. The third kappa shape index (κ3) is 7.72. The molecule has 0 aromatic heterocycles. The highest BCUT2D eigenvalue weighted by Crippen LogP contribution is 2.38. The van der Waals surface area contributed by atoms with Crippen LogP contribution in [0.2, 0.25) is 0 Å². The summed E-state index contributed by atoms with van der Waals surface area (Å²) in [6.07, 6.45) is 0. The number of aliphatic carboxylic acids is 1. The van der Waals surface area contributed by atoms with Crippen LogP contribution in [0.1, 0.15) is 52.7 Å². The third-order valence-electron chi connectivity index (χ3n) is 5.06. The summed E-state index contributed by atoms with van der Waals surface area (Å²) >= 11 is 0. The fraction of sp³-hybridized carbons (Fsp3) is 0.500. The maximum absolute atomic E-state index is 11.0. The molecule has 0 aliphatic heterocycles. The van der Waals surface area contributed by atoms with Crippen LogP contribution in [-0.2, 0) is 15.6 Å². The Kier molecular flexibility index (Phi) is 9.61. The van der Waals surface area contributed by atoms with E-state index in [0.29, 0.717) is 12.4 Å². The van der Waals surface area contributed by atoms with E-state index in [2.05, 4.69) is 70.7 Å². The average molecular weight is 464 g/mol. The van der Waals surface area contributed by atoms with E-state index < -0.39 is 5.97 Å². The molecular weight excluding hydrogens is 426 g/mol. The van der Waals surface area contributed by atoms with Crippen molar-refractivity contribution >= 4 is 18.4 Å². The Bertz CT molecular complexity index is 911. The first kappa shape index (κ1) is 27.8. The number of nitrogens with zero attached hydrogens (tertiary/aromatic N) is 1. The van der Waals surface area contributed by atoms with E-state index in [-0.39, 0.29) is 29.8 Å². The standard InChI is InChI=1S/C26H37NO4.ClH/c1-25(2,3)20-15-18(9-11-22(20)30-14-13-27(7)8)19-10-12-23(31-17-24(28)29)21(16-19)26(4,5)6;/h9-12,15-16H,13-14,17H2,1-8H3,(H,28,29);1H. The number of likely N-dealkylation sites (N-methyl/N-ethyl adjacent to an activating group) is 1. The molecule has 6 heteroatoms. The Hall–Kier alpha value is -2.24. The number of hydrogen-bond donors (Lipinski definition) is 1. The van der Waals surface area contributed by atoms with Crippen molar-refractivity contribution in [2.45, 2.75) is 52.4 Å². The van der Waals surface area contributed by atoms with Crippen molar-refractivity contribution in [2.24, 2.45) is 0 Å². The van der Waals surface area contributed by atoms with Crippen molar-refractivity contribution in [1.29, 1.82) is 0 Å². The zero-order valence-electron chi connectivity index (χ0n) is 20.6. The molecule has 2 aromatic carbocycles. The first-order valence-corrected chi connectivity index (χ1v) is 10.7. The molecule has 5 nitrogen and oxygen atoms in total. The molecule has 0 fully saturated rings. The van der Waals surface area contributed by atoms with Crippen LogP contribution in [0, 0.1) is 0 Å². The number of rotatable bonds is 8. The first-order chi connectivity index (χ1) is 14.3. The molecule has 0 saturated heterocycles. The molecule has 2 aromatic rings. The van der Waals surface area contributed by atoms with E-state index in [1.54, 1.807) is 0 Å². The first-order valence-electron chi connectivity index (χ1n) is 10.7.